The fraction of sp³-hybridized carbons (Fsp3) is 0.357. The topological polar surface area (TPSA) is 81.4 Å². The zero-order valence-corrected chi connectivity index (χ0v) is 13.0. The van der Waals surface area contributed by atoms with Crippen LogP contribution in [0.1, 0.15) is 16.8 Å². The molecule has 0 aliphatic rings. The second-order valence-electron chi connectivity index (χ2n) is 4.71. The van der Waals surface area contributed by atoms with Crippen LogP contribution >= 0.6 is 0 Å². The minimum atomic E-state index is -3.63. The molecule has 0 fully saturated rings. The van der Waals surface area contributed by atoms with Crippen molar-refractivity contribution in [3.63, 3.8) is 0 Å². The number of nitrogens with zero attached hydrogens (tertiary/aromatic N) is 1. The van der Waals surface area contributed by atoms with Gasteiger partial charge in [-0.15, -0.1) is 0 Å². The molecule has 0 spiro atoms. The highest BCUT2D eigenvalue weighted by molar-refractivity contribution is 7.89. The van der Waals surface area contributed by atoms with Crippen molar-refractivity contribution in [2.45, 2.75) is 25.2 Å². The molecule has 6 nitrogen and oxygen atoms in total. The predicted octanol–water partition coefficient (Wildman–Crippen LogP) is 1.82. The van der Waals surface area contributed by atoms with Gasteiger partial charge in [0.25, 0.3) is 0 Å². The van der Waals surface area contributed by atoms with Crippen LogP contribution in [0.25, 0.3) is 0 Å². The lowest BCUT2D eigenvalue weighted by Crippen LogP contribution is -2.26. The van der Waals surface area contributed by atoms with E-state index in [1.54, 1.807) is 12.1 Å². The number of benzene rings is 1. The average Bonchev–Trinajstić information content (AvgIpc) is 2.94. The van der Waals surface area contributed by atoms with E-state index < -0.39 is 10.0 Å². The maximum Gasteiger partial charge on any atom is 0.244 e. The molecule has 7 heteroatoms. The predicted molar refractivity (Wildman–Crippen MR) is 77.9 cm³/mol. The van der Waals surface area contributed by atoms with Crippen LogP contribution in [0.2, 0.25) is 0 Å². The highest BCUT2D eigenvalue weighted by atomic mass is 32.2. The van der Waals surface area contributed by atoms with E-state index in [2.05, 4.69) is 9.71 Å². The summed E-state index contributed by atoms with van der Waals surface area (Å²) in [6.07, 6.45) is 3.27. The summed E-state index contributed by atoms with van der Waals surface area (Å²) in [5.74, 6) is 0.340. The quantitative estimate of drug-likeness (QED) is 0.880. The van der Waals surface area contributed by atoms with E-state index in [0.717, 1.165) is 11.1 Å². The Kier molecular flexibility index (Phi) is 4.64. The molecular formula is C14H18N2O4S. The number of hydrogen-bond donors (Lipinski definition) is 1. The second kappa shape index (κ2) is 6.28. The summed E-state index contributed by atoms with van der Waals surface area (Å²) < 4.78 is 37.3. The molecule has 1 aromatic carbocycles. The van der Waals surface area contributed by atoms with E-state index >= 15 is 0 Å². The van der Waals surface area contributed by atoms with Crippen molar-refractivity contribution in [1.29, 1.82) is 0 Å². The largest absolute Gasteiger partial charge is 0.495 e. The molecule has 0 unspecified atom stereocenters. The summed E-state index contributed by atoms with van der Waals surface area (Å²) in [7, 11) is -2.17. The summed E-state index contributed by atoms with van der Waals surface area (Å²) >= 11 is 0. The number of rotatable bonds is 6. The van der Waals surface area contributed by atoms with Gasteiger partial charge in [-0.1, -0.05) is 0 Å². The molecule has 2 rings (SSSR count). The van der Waals surface area contributed by atoms with E-state index in [9.17, 15) is 8.42 Å². The third-order valence-corrected chi connectivity index (χ3v) is 4.71. The third-order valence-electron chi connectivity index (χ3n) is 3.23. The lowest BCUT2D eigenvalue weighted by molar-refractivity contribution is 0.402. The molecule has 0 aliphatic carbocycles. The van der Waals surface area contributed by atoms with Crippen molar-refractivity contribution in [1.82, 2.24) is 9.71 Å². The molecule has 21 heavy (non-hydrogen) atoms. The zero-order valence-electron chi connectivity index (χ0n) is 12.2. The van der Waals surface area contributed by atoms with Crippen LogP contribution in [0.3, 0.4) is 0 Å². The standard InChI is InChI=1S/C14H18N2O4S/c1-10-6-13(19-3)14(7-11(10)2)21(17,18)16-5-4-12-8-20-9-15-12/h6-9,16H,4-5H2,1-3H3. The lowest BCUT2D eigenvalue weighted by Gasteiger charge is -2.13. The fourth-order valence-electron chi connectivity index (χ4n) is 1.88. The maximum absolute atomic E-state index is 12.4. The number of nitrogens with one attached hydrogen (secondary N) is 1. The van der Waals surface area contributed by atoms with Crippen LogP contribution < -0.4 is 9.46 Å². The van der Waals surface area contributed by atoms with Gasteiger partial charge in [0, 0.05) is 13.0 Å². The summed E-state index contributed by atoms with van der Waals surface area (Å²) in [5, 5.41) is 0. The van der Waals surface area contributed by atoms with Crippen molar-refractivity contribution < 1.29 is 17.6 Å². The second-order valence-corrected chi connectivity index (χ2v) is 6.45. The smallest absolute Gasteiger partial charge is 0.244 e. The molecule has 0 saturated carbocycles. The Bertz CT molecular complexity index is 709. The molecular weight excluding hydrogens is 292 g/mol. The van der Waals surface area contributed by atoms with Gasteiger partial charge in [-0.2, -0.15) is 0 Å². The molecule has 1 N–H and O–H groups in total. The minimum Gasteiger partial charge on any atom is -0.495 e. The summed E-state index contributed by atoms with van der Waals surface area (Å²) in [6.45, 7) is 4.01. The molecule has 1 heterocycles. The first-order chi connectivity index (χ1) is 9.94. The van der Waals surface area contributed by atoms with Crippen LogP contribution in [0.5, 0.6) is 5.75 Å². The summed E-state index contributed by atoms with van der Waals surface area (Å²) in [4.78, 5) is 4.09. The van der Waals surface area contributed by atoms with Crippen molar-refractivity contribution in [2.24, 2.45) is 0 Å². The molecule has 0 aliphatic heterocycles. The number of hydrogen-bond acceptors (Lipinski definition) is 5. The van der Waals surface area contributed by atoms with E-state index in [0.29, 0.717) is 17.9 Å². The number of methoxy groups -OCH3 is 1. The molecule has 0 bridgehead atoms. The Hall–Kier alpha value is -1.86. The number of aromatic nitrogens is 1. The van der Waals surface area contributed by atoms with Crippen molar-refractivity contribution in [3.05, 3.63) is 41.6 Å². The molecule has 0 saturated heterocycles. The van der Waals surface area contributed by atoms with Crippen LogP contribution in [0.4, 0.5) is 0 Å². The first-order valence-corrected chi connectivity index (χ1v) is 7.94. The number of sulfonamides is 1. The Morgan fingerprint density at radius 1 is 1.29 bits per heavy atom. The van der Waals surface area contributed by atoms with Gasteiger partial charge in [-0.25, -0.2) is 18.1 Å². The van der Waals surface area contributed by atoms with E-state index in [1.807, 2.05) is 13.8 Å². The monoisotopic (exact) mass is 310 g/mol. The van der Waals surface area contributed by atoms with Gasteiger partial charge >= 0.3 is 0 Å². The highest BCUT2D eigenvalue weighted by Crippen LogP contribution is 2.27. The third kappa shape index (κ3) is 3.62. The molecule has 0 atom stereocenters. The minimum absolute atomic E-state index is 0.147. The van der Waals surface area contributed by atoms with Gasteiger partial charge < -0.3 is 9.15 Å². The van der Waals surface area contributed by atoms with Crippen molar-refractivity contribution >= 4 is 10.0 Å². The fourth-order valence-corrected chi connectivity index (χ4v) is 3.15. The Balaban J connectivity index is 2.17. The first kappa shape index (κ1) is 15.5. The number of oxazole rings is 1. The van der Waals surface area contributed by atoms with Crippen molar-refractivity contribution in [2.75, 3.05) is 13.7 Å². The van der Waals surface area contributed by atoms with E-state index in [1.165, 1.54) is 19.8 Å². The van der Waals surface area contributed by atoms with Gasteiger partial charge in [0.1, 0.15) is 16.9 Å². The van der Waals surface area contributed by atoms with Gasteiger partial charge in [-0.05, 0) is 37.1 Å². The molecule has 1 aromatic heterocycles. The lowest BCUT2D eigenvalue weighted by atomic mass is 10.1. The molecule has 0 amide bonds. The first-order valence-electron chi connectivity index (χ1n) is 6.46. The highest BCUT2D eigenvalue weighted by Gasteiger charge is 2.20. The Morgan fingerprint density at radius 3 is 2.62 bits per heavy atom. The normalized spacial score (nSPS) is 11.6. The van der Waals surface area contributed by atoms with Crippen LogP contribution in [0.15, 0.2) is 34.1 Å². The van der Waals surface area contributed by atoms with Crippen LogP contribution in [0, 0.1) is 13.8 Å². The Labute approximate surface area is 124 Å². The van der Waals surface area contributed by atoms with Gasteiger partial charge in [0.15, 0.2) is 6.39 Å². The average molecular weight is 310 g/mol. The zero-order chi connectivity index (χ0) is 15.5. The molecule has 0 radical (unpaired) electrons. The van der Waals surface area contributed by atoms with Crippen LogP contribution in [-0.4, -0.2) is 27.1 Å². The van der Waals surface area contributed by atoms with Gasteiger partial charge in [0.2, 0.25) is 10.0 Å². The maximum atomic E-state index is 12.4. The summed E-state index contributed by atoms with van der Waals surface area (Å²) in [6, 6.07) is 3.34. The Morgan fingerprint density at radius 2 is 2.00 bits per heavy atom. The SMILES string of the molecule is COc1cc(C)c(C)cc1S(=O)(=O)NCCc1cocn1. The van der Waals surface area contributed by atoms with E-state index in [4.69, 9.17) is 9.15 Å². The summed E-state index contributed by atoms with van der Waals surface area (Å²) in [5.41, 5.74) is 2.57. The molecule has 114 valence electrons. The number of ether oxygens (including phenoxy) is 1. The van der Waals surface area contributed by atoms with Gasteiger partial charge in [-0.3, -0.25) is 0 Å². The number of aryl methyl sites for hydroxylation is 2. The van der Waals surface area contributed by atoms with Crippen molar-refractivity contribution in [3.8, 4) is 5.75 Å². The van der Waals surface area contributed by atoms with Crippen LogP contribution in [-0.2, 0) is 16.4 Å². The van der Waals surface area contributed by atoms with Gasteiger partial charge in [0.05, 0.1) is 12.8 Å². The molecule has 2 aromatic rings. The van der Waals surface area contributed by atoms with E-state index in [-0.39, 0.29) is 11.4 Å².